The Kier molecular flexibility index (Phi) is 2.77. The molecular weight excluding hydrogens is 250 g/mol. The molecule has 3 rings (SSSR count). The molecular formula is C11H15N5OS. The lowest BCUT2D eigenvalue weighted by Gasteiger charge is -2.18. The van der Waals surface area contributed by atoms with Gasteiger partial charge in [0, 0.05) is 33.1 Å². The van der Waals surface area contributed by atoms with Crippen LogP contribution in [0.5, 0.6) is 0 Å². The summed E-state index contributed by atoms with van der Waals surface area (Å²) in [7, 11) is 0. The molecule has 0 aliphatic carbocycles. The van der Waals surface area contributed by atoms with Crippen LogP contribution in [0, 0.1) is 4.77 Å². The summed E-state index contributed by atoms with van der Waals surface area (Å²) in [6.07, 6.45) is 2.33. The van der Waals surface area contributed by atoms with E-state index in [1.807, 2.05) is 4.57 Å². The first-order valence-electron chi connectivity index (χ1n) is 6.19. The second-order valence-corrected chi connectivity index (χ2v) is 4.99. The minimum absolute atomic E-state index is 0.00159. The summed E-state index contributed by atoms with van der Waals surface area (Å²) in [5, 5.41) is 0. The average Bonchev–Trinajstić information content (AvgIpc) is 2.97. The van der Waals surface area contributed by atoms with Gasteiger partial charge in [-0.05, 0) is 25.1 Å². The SMILES string of the molecule is CC(=O)N1CCn2c1nc(N1CCCC1)nc2=S. The highest BCUT2D eigenvalue weighted by molar-refractivity contribution is 7.71. The van der Waals surface area contributed by atoms with Crippen LogP contribution in [-0.2, 0) is 11.3 Å². The van der Waals surface area contributed by atoms with Crippen molar-refractivity contribution in [3.05, 3.63) is 4.77 Å². The number of hydrogen-bond donors (Lipinski definition) is 0. The molecule has 0 bridgehead atoms. The minimum Gasteiger partial charge on any atom is -0.341 e. The van der Waals surface area contributed by atoms with Crippen LogP contribution >= 0.6 is 12.2 Å². The number of rotatable bonds is 1. The number of carbonyl (C=O) groups is 1. The maximum absolute atomic E-state index is 11.6. The van der Waals surface area contributed by atoms with Gasteiger partial charge in [0.15, 0.2) is 0 Å². The predicted octanol–water partition coefficient (Wildman–Crippen LogP) is 0.974. The van der Waals surface area contributed by atoms with Crippen molar-refractivity contribution in [1.29, 1.82) is 0 Å². The normalized spacial score (nSPS) is 18.3. The van der Waals surface area contributed by atoms with E-state index in [1.165, 1.54) is 0 Å². The lowest BCUT2D eigenvalue weighted by molar-refractivity contribution is -0.116. The molecule has 7 heteroatoms. The van der Waals surface area contributed by atoms with Crippen molar-refractivity contribution in [1.82, 2.24) is 14.5 Å². The minimum atomic E-state index is 0.00159. The molecule has 1 aromatic heterocycles. The van der Waals surface area contributed by atoms with Crippen molar-refractivity contribution in [2.24, 2.45) is 0 Å². The number of hydrogen-bond acceptors (Lipinski definition) is 5. The summed E-state index contributed by atoms with van der Waals surface area (Å²) in [6.45, 7) is 4.82. The molecule has 18 heavy (non-hydrogen) atoms. The van der Waals surface area contributed by atoms with Gasteiger partial charge in [-0.1, -0.05) is 0 Å². The molecule has 1 aromatic rings. The number of nitrogens with zero attached hydrogens (tertiary/aromatic N) is 5. The topological polar surface area (TPSA) is 54.3 Å². The Bertz CT molecular complexity index is 549. The molecule has 1 fully saturated rings. The van der Waals surface area contributed by atoms with Crippen molar-refractivity contribution in [3.63, 3.8) is 0 Å². The van der Waals surface area contributed by atoms with E-state index < -0.39 is 0 Å². The van der Waals surface area contributed by atoms with Gasteiger partial charge in [0.25, 0.3) is 0 Å². The van der Waals surface area contributed by atoms with E-state index in [9.17, 15) is 4.79 Å². The Morgan fingerprint density at radius 3 is 2.56 bits per heavy atom. The van der Waals surface area contributed by atoms with E-state index >= 15 is 0 Å². The van der Waals surface area contributed by atoms with Crippen molar-refractivity contribution in [2.45, 2.75) is 26.3 Å². The van der Waals surface area contributed by atoms with E-state index in [2.05, 4.69) is 14.9 Å². The maximum atomic E-state index is 11.6. The molecule has 1 saturated heterocycles. The van der Waals surface area contributed by atoms with Gasteiger partial charge in [-0.25, -0.2) is 0 Å². The van der Waals surface area contributed by atoms with Gasteiger partial charge in [-0.2, -0.15) is 9.97 Å². The molecule has 0 radical (unpaired) electrons. The fourth-order valence-electron chi connectivity index (χ4n) is 2.46. The highest BCUT2D eigenvalue weighted by atomic mass is 32.1. The zero-order chi connectivity index (χ0) is 12.7. The monoisotopic (exact) mass is 265 g/mol. The number of aromatic nitrogens is 3. The van der Waals surface area contributed by atoms with Crippen LogP contribution in [0.1, 0.15) is 19.8 Å². The number of fused-ring (bicyclic) bond motifs is 1. The smallest absolute Gasteiger partial charge is 0.231 e. The van der Waals surface area contributed by atoms with Crippen LogP contribution < -0.4 is 9.80 Å². The quantitative estimate of drug-likeness (QED) is 0.708. The van der Waals surface area contributed by atoms with E-state index in [4.69, 9.17) is 12.2 Å². The van der Waals surface area contributed by atoms with Crippen LogP contribution in [0.15, 0.2) is 0 Å². The van der Waals surface area contributed by atoms with Crippen LogP contribution in [0.4, 0.5) is 11.9 Å². The summed E-state index contributed by atoms with van der Waals surface area (Å²) in [5.41, 5.74) is 0. The first-order valence-corrected chi connectivity index (χ1v) is 6.59. The van der Waals surface area contributed by atoms with Crippen molar-refractivity contribution >= 4 is 30.0 Å². The zero-order valence-electron chi connectivity index (χ0n) is 10.3. The second kappa shape index (κ2) is 4.31. The lowest BCUT2D eigenvalue weighted by Crippen LogP contribution is -2.28. The molecule has 0 saturated carbocycles. The predicted molar refractivity (Wildman–Crippen MR) is 70.3 cm³/mol. The second-order valence-electron chi connectivity index (χ2n) is 4.62. The van der Waals surface area contributed by atoms with Gasteiger partial charge < -0.3 is 4.90 Å². The molecule has 0 N–H and O–H groups in total. The summed E-state index contributed by atoms with van der Waals surface area (Å²) in [6, 6.07) is 0. The van der Waals surface area contributed by atoms with E-state index in [1.54, 1.807) is 11.8 Å². The average molecular weight is 265 g/mol. The molecule has 3 heterocycles. The van der Waals surface area contributed by atoms with Crippen LogP contribution in [0.3, 0.4) is 0 Å². The fraction of sp³-hybridized carbons (Fsp3) is 0.636. The third kappa shape index (κ3) is 1.78. The Hall–Kier alpha value is -1.50. The highest BCUT2D eigenvalue weighted by Crippen LogP contribution is 2.23. The number of carbonyl (C=O) groups excluding carboxylic acids is 1. The summed E-state index contributed by atoms with van der Waals surface area (Å²) in [4.78, 5) is 24.2. The summed E-state index contributed by atoms with van der Waals surface area (Å²) < 4.78 is 2.35. The van der Waals surface area contributed by atoms with Gasteiger partial charge in [0.2, 0.25) is 22.6 Å². The first kappa shape index (κ1) is 11.6. The van der Waals surface area contributed by atoms with Crippen LogP contribution in [-0.4, -0.2) is 40.1 Å². The number of amides is 1. The Morgan fingerprint density at radius 2 is 1.89 bits per heavy atom. The molecule has 2 aliphatic heterocycles. The third-order valence-corrected chi connectivity index (χ3v) is 3.74. The van der Waals surface area contributed by atoms with Crippen LogP contribution in [0.2, 0.25) is 0 Å². The van der Waals surface area contributed by atoms with Crippen molar-refractivity contribution in [2.75, 3.05) is 29.4 Å². The van der Waals surface area contributed by atoms with Gasteiger partial charge in [-0.15, -0.1) is 0 Å². The van der Waals surface area contributed by atoms with E-state index in [0.717, 1.165) is 25.9 Å². The number of anilines is 2. The van der Waals surface area contributed by atoms with Gasteiger partial charge in [0.05, 0.1) is 0 Å². The molecule has 0 spiro atoms. The molecule has 2 aliphatic rings. The molecule has 96 valence electrons. The largest absolute Gasteiger partial charge is 0.341 e. The standard InChI is InChI=1S/C11H15N5OS/c1-8(17)15-6-7-16-10(15)12-9(13-11(16)18)14-4-2-3-5-14/h2-7H2,1H3. The van der Waals surface area contributed by atoms with Gasteiger partial charge >= 0.3 is 0 Å². The Labute approximate surface area is 110 Å². The highest BCUT2D eigenvalue weighted by Gasteiger charge is 2.26. The lowest BCUT2D eigenvalue weighted by atomic mass is 10.4. The van der Waals surface area contributed by atoms with E-state index in [0.29, 0.717) is 29.8 Å². The molecule has 0 unspecified atom stereocenters. The fourth-order valence-corrected chi connectivity index (χ4v) is 2.72. The third-order valence-electron chi connectivity index (χ3n) is 3.43. The molecule has 1 amide bonds. The van der Waals surface area contributed by atoms with Crippen LogP contribution in [0.25, 0.3) is 0 Å². The molecule has 0 atom stereocenters. The Balaban J connectivity index is 2.05. The first-order chi connectivity index (χ1) is 8.66. The van der Waals surface area contributed by atoms with Gasteiger partial charge in [-0.3, -0.25) is 14.3 Å². The maximum Gasteiger partial charge on any atom is 0.231 e. The summed E-state index contributed by atoms with van der Waals surface area (Å²) >= 11 is 5.29. The van der Waals surface area contributed by atoms with Crippen molar-refractivity contribution < 1.29 is 4.79 Å². The summed E-state index contributed by atoms with van der Waals surface area (Å²) in [5.74, 6) is 1.31. The van der Waals surface area contributed by atoms with Crippen molar-refractivity contribution in [3.8, 4) is 0 Å². The Morgan fingerprint density at radius 1 is 1.17 bits per heavy atom. The van der Waals surface area contributed by atoms with Gasteiger partial charge in [0.1, 0.15) is 0 Å². The zero-order valence-corrected chi connectivity index (χ0v) is 11.1. The molecule has 6 nitrogen and oxygen atoms in total. The molecule has 0 aromatic carbocycles. The van der Waals surface area contributed by atoms with E-state index in [-0.39, 0.29) is 5.91 Å².